The summed E-state index contributed by atoms with van der Waals surface area (Å²) >= 11 is 0. The zero-order chi connectivity index (χ0) is 16.1. The minimum Gasteiger partial charge on any atom is -0.334 e. The lowest BCUT2D eigenvalue weighted by molar-refractivity contribution is 0.711. The van der Waals surface area contributed by atoms with Crippen LogP contribution in [0, 0.1) is 6.92 Å². The van der Waals surface area contributed by atoms with Crippen LogP contribution in [0.2, 0.25) is 0 Å². The summed E-state index contributed by atoms with van der Waals surface area (Å²) in [4.78, 5) is 14.4. The first-order valence-corrected chi connectivity index (χ1v) is 9.86. The van der Waals surface area contributed by atoms with E-state index >= 15 is 0 Å². The van der Waals surface area contributed by atoms with Crippen LogP contribution in [-0.2, 0) is 12.8 Å². The number of benzene rings is 1. The Hall–Kier alpha value is -2.11. The summed E-state index contributed by atoms with van der Waals surface area (Å²) in [5.41, 5.74) is 7.56. The van der Waals surface area contributed by atoms with Gasteiger partial charge in [0.1, 0.15) is 0 Å². The fourth-order valence-corrected chi connectivity index (χ4v) is 5.77. The van der Waals surface area contributed by atoms with Crippen molar-refractivity contribution in [2.24, 2.45) is 0 Å². The van der Waals surface area contributed by atoms with Crippen molar-refractivity contribution in [3.8, 4) is 0 Å². The highest BCUT2D eigenvalue weighted by Gasteiger charge is 2.22. The predicted molar refractivity (Wildman–Crippen MR) is 99.9 cm³/mol. The predicted octanol–water partition coefficient (Wildman–Crippen LogP) is 3.36. The number of imidazole rings is 1. The van der Waals surface area contributed by atoms with Crippen LogP contribution in [0.25, 0.3) is 17.1 Å². The second kappa shape index (κ2) is 5.46. The van der Waals surface area contributed by atoms with Gasteiger partial charge >= 0.3 is 0 Å². The molecule has 5 heteroatoms. The van der Waals surface area contributed by atoms with E-state index < -0.39 is 10.9 Å². The van der Waals surface area contributed by atoms with Crippen LogP contribution < -0.4 is 5.32 Å². The first-order chi connectivity index (χ1) is 11.8. The monoisotopic (exact) mass is 336 g/mol. The van der Waals surface area contributed by atoms with Gasteiger partial charge < -0.3 is 10.3 Å². The van der Waals surface area contributed by atoms with E-state index in [1.165, 1.54) is 21.6 Å². The van der Waals surface area contributed by atoms with Crippen molar-refractivity contribution in [1.82, 2.24) is 20.3 Å². The summed E-state index contributed by atoms with van der Waals surface area (Å²) in [6.45, 7) is 4.29. The molecular formula is C19H20N4S. The second-order valence-electron chi connectivity index (χ2n) is 6.50. The molecule has 0 spiro atoms. The number of nitrogens with zero attached hydrogens (tertiary/aromatic N) is 2. The molecule has 122 valence electrons. The van der Waals surface area contributed by atoms with E-state index in [2.05, 4.69) is 51.9 Å². The van der Waals surface area contributed by atoms with Crippen LogP contribution in [0.3, 0.4) is 0 Å². The molecule has 2 aliphatic rings. The fraction of sp³-hybridized carbons (Fsp3) is 0.263. The number of thiol groups is 1. The van der Waals surface area contributed by atoms with Gasteiger partial charge in [-0.2, -0.15) is 0 Å². The van der Waals surface area contributed by atoms with Gasteiger partial charge in [0.2, 0.25) is 0 Å². The normalized spacial score (nSPS) is 20.8. The summed E-state index contributed by atoms with van der Waals surface area (Å²) in [6, 6.07) is 6.68. The maximum atomic E-state index is 4.95. The molecule has 1 unspecified atom stereocenters. The van der Waals surface area contributed by atoms with E-state index in [4.69, 9.17) is 4.98 Å². The van der Waals surface area contributed by atoms with E-state index in [1.54, 1.807) is 0 Å². The Labute approximate surface area is 143 Å². The van der Waals surface area contributed by atoms with Crippen LogP contribution in [0.15, 0.2) is 39.9 Å². The number of aromatic nitrogens is 3. The number of rotatable bonds is 1. The van der Waals surface area contributed by atoms with Crippen molar-refractivity contribution in [3.05, 3.63) is 52.2 Å². The molecule has 1 aromatic carbocycles. The number of aromatic amines is 1. The highest BCUT2D eigenvalue weighted by Crippen LogP contribution is 2.51. The first-order valence-electron chi connectivity index (χ1n) is 8.45. The van der Waals surface area contributed by atoms with Crippen molar-refractivity contribution >= 4 is 28.0 Å². The van der Waals surface area contributed by atoms with Gasteiger partial charge in [0.25, 0.3) is 0 Å². The summed E-state index contributed by atoms with van der Waals surface area (Å²) < 4.78 is 0. The Kier molecular flexibility index (Phi) is 3.24. The molecule has 0 radical (unpaired) electrons. The van der Waals surface area contributed by atoms with Gasteiger partial charge in [-0.25, -0.2) is 4.98 Å². The SMILES string of the molecule is Cc1ccnc2c1[SH](c1nc3cc4c(cc3[nH]1)CCNCC4)C=C2. The van der Waals surface area contributed by atoms with E-state index in [9.17, 15) is 0 Å². The number of pyridine rings is 1. The van der Waals surface area contributed by atoms with Crippen molar-refractivity contribution in [3.63, 3.8) is 0 Å². The van der Waals surface area contributed by atoms with Gasteiger partial charge in [-0.3, -0.25) is 4.98 Å². The van der Waals surface area contributed by atoms with Gasteiger partial charge in [0, 0.05) is 11.1 Å². The average Bonchev–Trinajstić information content (AvgIpc) is 3.11. The molecule has 0 amide bonds. The molecule has 0 bridgehead atoms. The van der Waals surface area contributed by atoms with Crippen molar-refractivity contribution in [1.29, 1.82) is 0 Å². The number of aryl methyl sites for hydroxylation is 1. The molecule has 0 aliphatic carbocycles. The lowest BCUT2D eigenvalue weighted by Crippen LogP contribution is -2.16. The van der Waals surface area contributed by atoms with Crippen molar-refractivity contribution < 1.29 is 0 Å². The van der Waals surface area contributed by atoms with Crippen LogP contribution in [-0.4, -0.2) is 28.0 Å². The third kappa shape index (κ3) is 2.19. The molecular weight excluding hydrogens is 316 g/mol. The van der Waals surface area contributed by atoms with E-state index in [1.807, 2.05) is 6.20 Å². The smallest absolute Gasteiger partial charge is 0.154 e. The zero-order valence-electron chi connectivity index (χ0n) is 13.6. The topological polar surface area (TPSA) is 53.6 Å². The summed E-state index contributed by atoms with van der Waals surface area (Å²) in [5.74, 6) is 0. The van der Waals surface area contributed by atoms with Crippen molar-refractivity contribution in [2.45, 2.75) is 29.8 Å². The van der Waals surface area contributed by atoms with E-state index in [0.717, 1.165) is 47.8 Å². The third-order valence-corrected chi connectivity index (χ3v) is 7.12. The minimum absolute atomic E-state index is 0.563. The number of H-pyrrole nitrogens is 1. The van der Waals surface area contributed by atoms with Crippen LogP contribution in [0.5, 0.6) is 0 Å². The zero-order valence-corrected chi connectivity index (χ0v) is 14.5. The molecule has 0 saturated carbocycles. The molecule has 2 aliphatic heterocycles. The van der Waals surface area contributed by atoms with Gasteiger partial charge in [-0.15, -0.1) is 10.9 Å². The lowest BCUT2D eigenvalue weighted by atomic mass is 10.0. The molecule has 1 atom stereocenters. The Morgan fingerprint density at radius 2 is 1.96 bits per heavy atom. The summed E-state index contributed by atoms with van der Waals surface area (Å²) in [6.07, 6.45) is 6.22. The number of hydrogen-bond donors (Lipinski definition) is 3. The van der Waals surface area contributed by atoms with Crippen LogP contribution >= 0.6 is 10.9 Å². The molecule has 0 fully saturated rings. The molecule has 2 N–H and O–H groups in total. The summed E-state index contributed by atoms with van der Waals surface area (Å²) in [5, 5.41) is 6.83. The molecule has 0 saturated heterocycles. The highest BCUT2D eigenvalue weighted by molar-refractivity contribution is 8.20. The third-order valence-electron chi connectivity index (χ3n) is 4.94. The van der Waals surface area contributed by atoms with E-state index in [-0.39, 0.29) is 0 Å². The molecule has 4 nitrogen and oxygen atoms in total. The quantitative estimate of drug-likeness (QED) is 0.597. The Morgan fingerprint density at radius 3 is 2.83 bits per heavy atom. The molecule has 4 heterocycles. The van der Waals surface area contributed by atoms with Crippen LogP contribution in [0.4, 0.5) is 0 Å². The molecule has 24 heavy (non-hydrogen) atoms. The molecule has 3 aromatic rings. The first kappa shape index (κ1) is 14.3. The number of hydrogen-bond acceptors (Lipinski definition) is 3. The second-order valence-corrected chi connectivity index (χ2v) is 8.40. The fourth-order valence-electron chi connectivity index (χ4n) is 3.69. The largest absolute Gasteiger partial charge is 0.334 e. The van der Waals surface area contributed by atoms with E-state index in [0.29, 0.717) is 0 Å². The van der Waals surface area contributed by atoms with Gasteiger partial charge in [0.15, 0.2) is 5.16 Å². The number of nitrogens with one attached hydrogen (secondary N) is 2. The lowest BCUT2D eigenvalue weighted by Gasteiger charge is -2.14. The van der Waals surface area contributed by atoms with Gasteiger partial charge in [-0.1, -0.05) is 0 Å². The number of fused-ring (bicyclic) bond motifs is 3. The van der Waals surface area contributed by atoms with Gasteiger partial charge in [0.05, 0.1) is 16.7 Å². The molecule has 5 rings (SSSR count). The minimum atomic E-state index is -0.563. The molecule has 2 aromatic heterocycles. The Balaban J connectivity index is 1.62. The Bertz CT molecular complexity index is 930. The average molecular weight is 336 g/mol. The maximum Gasteiger partial charge on any atom is 0.154 e. The van der Waals surface area contributed by atoms with Crippen molar-refractivity contribution in [2.75, 3.05) is 13.1 Å². The van der Waals surface area contributed by atoms with Crippen LogP contribution in [0.1, 0.15) is 22.4 Å². The summed E-state index contributed by atoms with van der Waals surface area (Å²) in [7, 11) is -0.563. The van der Waals surface area contributed by atoms with Gasteiger partial charge in [-0.05, 0) is 79.2 Å². The maximum absolute atomic E-state index is 4.95. The Morgan fingerprint density at radius 1 is 1.12 bits per heavy atom. The highest BCUT2D eigenvalue weighted by atomic mass is 32.2. The standard InChI is InChI=1S/C19H20N4S/c1-12-2-8-21-15-5-9-24(18(12)15)19-22-16-10-13-3-6-20-7-4-14(13)11-17(16)23-19/h2,5,8-11,20,24H,3-4,6-7H2,1H3,(H,22,23).